The molecule has 0 bridgehead atoms. The van der Waals surface area contributed by atoms with E-state index >= 15 is 0 Å². The van der Waals surface area contributed by atoms with Crippen molar-refractivity contribution >= 4 is 11.8 Å². The number of ketones is 1. The van der Waals surface area contributed by atoms with Crippen molar-refractivity contribution in [2.75, 3.05) is 6.61 Å². The van der Waals surface area contributed by atoms with E-state index in [-0.39, 0.29) is 34.9 Å². The Morgan fingerprint density at radius 3 is 2.70 bits per heavy atom. The summed E-state index contributed by atoms with van der Waals surface area (Å²) in [5, 5.41) is 0. The number of esters is 1. The first-order valence-corrected chi connectivity index (χ1v) is 7.69. The fraction of sp³-hybridized carbons (Fsp3) is 0.765. The van der Waals surface area contributed by atoms with E-state index in [1.807, 2.05) is 0 Å². The first kappa shape index (κ1) is 15.3. The molecule has 20 heavy (non-hydrogen) atoms. The zero-order valence-electron chi connectivity index (χ0n) is 13.1. The van der Waals surface area contributed by atoms with Gasteiger partial charge in [0.15, 0.2) is 5.78 Å². The van der Waals surface area contributed by atoms with Crippen molar-refractivity contribution in [2.45, 2.75) is 53.4 Å². The minimum atomic E-state index is -0.246. The standard InChI is InChI=1S/C17H26O3/c1-5-20-15(19)11-12-13(18)7-8-14-16(2,3)9-6-10-17(12,14)4/h7-8,12,14H,5-6,9-11H2,1-4H3/t12-,14+,17-/m1/s1. The second-order valence-electron chi connectivity index (χ2n) is 7.15. The SMILES string of the molecule is CCOC(=O)C[C@@H]1C(=O)C=C[C@H]2C(C)(C)CCC[C@]12C. The Labute approximate surface area is 121 Å². The van der Waals surface area contributed by atoms with Gasteiger partial charge in [-0.25, -0.2) is 0 Å². The molecule has 0 aromatic heterocycles. The Morgan fingerprint density at radius 2 is 2.05 bits per heavy atom. The molecule has 3 nitrogen and oxygen atoms in total. The first-order valence-electron chi connectivity index (χ1n) is 7.69. The van der Waals surface area contributed by atoms with Crippen LogP contribution in [0.25, 0.3) is 0 Å². The fourth-order valence-electron chi connectivity index (χ4n) is 4.35. The van der Waals surface area contributed by atoms with Crippen LogP contribution >= 0.6 is 0 Å². The molecule has 2 aliphatic carbocycles. The third kappa shape index (κ3) is 2.55. The molecule has 2 rings (SSSR count). The summed E-state index contributed by atoms with van der Waals surface area (Å²) in [5.74, 6) is -0.0176. The van der Waals surface area contributed by atoms with Gasteiger partial charge in [0.2, 0.25) is 0 Å². The van der Waals surface area contributed by atoms with Crippen LogP contribution < -0.4 is 0 Å². The van der Waals surface area contributed by atoms with Crippen molar-refractivity contribution in [3.05, 3.63) is 12.2 Å². The van der Waals surface area contributed by atoms with E-state index in [1.54, 1.807) is 13.0 Å². The smallest absolute Gasteiger partial charge is 0.306 e. The van der Waals surface area contributed by atoms with E-state index in [0.717, 1.165) is 12.8 Å². The zero-order valence-corrected chi connectivity index (χ0v) is 13.1. The fourth-order valence-corrected chi connectivity index (χ4v) is 4.35. The summed E-state index contributed by atoms with van der Waals surface area (Å²) in [6.07, 6.45) is 7.33. The van der Waals surface area contributed by atoms with Crippen LogP contribution in [-0.2, 0) is 14.3 Å². The molecule has 2 aliphatic rings. The average Bonchev–Trinajstić information content (AvgIpc) is 2.33. The van der Waals surface area contributed by atoms with Gasteiger partial charge in [-0.2, -0.15) is 0 Å². The predicted octanol–water partition coefficient (Wildman–Crippen LogP) is 3.53. The normalized spacial score (nSPS) is 35.5. The van der Waals surface area contributed by atoms with Crippen LogP contribution in [0, 0.1) is 22.7 Å². The lowest BCUT2D eigenvalue weighted by Gasteiger charge is -2.54. The summed E-state index contributed by atoms with van der Waals surface area (Å²) in [6.45, 7) is 8.91. The number of rotatable bonds is 3. The van der Waals surface area contributed by atoms with Crippen LogP contribution in [0.15, 0.2) is 12.2 Å². The highest BCUT2D eigenvalue weighted by Crippen LogP contribution is 2.57. The van der Waals surface area contributed by atoms with Crippen molar-refractivity contribution in [2.24, 2.45) is 22.7 Å². The van der Waals surface area contributed by atoms with Crippen LogP contribution in [0.2, 0.25) is 0 Å². The summed E-state index contributed by atoms with van der Waals surface area (Å²) < 4.78 is 5.05. The molecule has 0 unspecified atom stereocenters. The van der Waals surface area contributed by atoms with Crippen molar-refractivity contribution in [3.63, 3.8) is 0 Å². The molecule has 0 saturated heterocycles. The van der Waals surface area contributed by atoms with Crippen LogP contribution in [0.3, 0.4) is 0 Å². The summed E-state index contributed by atoms with van der Waals surface area (Å²) in [7, 11) is 0. The van der Waals surface area contributed by atoms with E-state index in [2.05, 4.69) is 26.8 Å². The lowest BCUT2D eigenvalue weighted by atomic mass is 9.49. The summed E-state index contributed by atoms with van der Waals surface area (Å²) in [4.78, 5) is 24.1. The van der Waals surface area contributed by atoms with Crippen LogP contribution in [0.1, 0.15) is 53.4 Å². The van der Waals surface area contributed by atoms with Gasteiger partial charge in [-0.05, 0) is 42.6 Å². The van der Waals surface area contributed by atoms with E-state index in [4.69, 9.17) is 4.74 Å². The zero-order chi connectivity index (χ0) is 15.0. The van der Waals surface area contributed by atoms with Crippen LogP contribution in [-0.4, -0.2) is 18.4 Å². The molecule has 0 aromatic carbocycles. The highest BCUT2D eigenvalue weighted by atomic mass is 16.5. The van der Waals surface area contributed by atoms with Crippen molar-refractivity contribution in [1.29, 1.82) is 0 Å². The predicted molar refractivity (Wildman–Crippen MR) is 78.1 cm³/mol. The number of hydrogen-bond acceptors (Lipinski definition) is 3. The summed E-state index contributed by atoms with van der Waals surface area (Å²) >= 11 is 0. The molecule has 1 fully saturated rings. The Hall–Kier alpha value is -1.12. The Bertz CT molecular complexity index is 436. The Kier molecular flexibility index (Phi) is 4.08. The van der Waals surface area contributed by atoms with Gasteiger partial charge in [0.05, 0.1) is 13.0 Å². The molecule has 0 N–H and O–H groups in total. The number of carbonyl (C=O) groups excluding carboxylic acids is 2. The molecule has 0 radical (unpaired) electrons. The summed E-state index contributed by atoms with van der Waals surface area (Å²) in [6, 6.07) is 0. The lowest BCUT2D eigenvalue weighted by molar-refractivity contribution is -0.150. The van der Waals surface area contributed by atoms with Gasteiger partial charge in [-0.15, -0.1) is 0 Å². The van der Waals surface area contributed by atoms with Crippen LogP contribution in [0.5, 0.6) is 0 Å². The second-order valence-corrected chi connectivity index (χ2v) is 7.15. The maximum atomic E-state index is 12.3. The highest BCUT2D eigenvalue weighted by molar-refractivity contribution is 5.95. The monoisotopic (exact) mass is 278 g/mol. The van der Waals surface area contributed by atoms with Gasteiger partial charge in [0, 0.05) is 5.92 Å². The third-order valence-corrected chi connectivity index (χ3v) is 5.36. The molecular weight excluding hydrogens is 252 g/mol. The molecule has 3 heteroatoms. The molecule has 0 spiro atoms. The van der Waals surface area contributed by atoms with E-state index in [9.17, 15) is 9.59 Å². The quantitative estimate of drug-likeness (QED) is 0.742. The highest BCUT2D eigenvalue weighted by Gasteiger charge is 2.53. The molecule has 0 aliphatic heterocycles. The van der Waals surface area contributed by atoms with Gasteiger partial charge in [0.1, 0.15) is 0 Å². The molecular formula is C17H26O3. The average molecular weight is 278 g/mol. The van der Waals surface area contributed by atoms with Crippen LogP contribution in [0.4, 0.5) is 0 Å². The first-order chi connectivity index (χ1) is 9.31. The number of ether oxygens (including phenoxy) is 1. The number of carbonyl (C=O) groups is 2. The van der Waals surface area contributed by atoms with Crippen molar-refractivity contribution in [1.82, 2.24) is 0 Å². The lowest BCUT2D eigenvalue weighted by Crippen LogP contribution is -2.50. The molecule has 0 heterocycles. The Balaban J connectivity index is 2.29. The topological polar surface area (TPSA) is 43.4 Å². The van der Waals surface area contributed by atoms with Gasteiger partial charge in [-0.3, -0.25) is 9.59 Å². The van der Waals surface area contributed by atoms with Gasteiger partial charge in [0.25, 0.3) is 0 Å². The molecule has 0 aromatic rings. The Morgan fingerprint density at radius 1 is 1.35 bits per heavy atom. The van der Waals surface area contributed by atoms with Crippen molar-refractivity contribution < 1.29 is 14.3 Å². The van der Waals surface area contributed by atoms with Gasteiger partial charge in [-0.1, -0.05) is 33.3 Å². The van der Waals surface area contributed by atoms with E-state index in [0.29, 0.717) is 12.5 Å². The summed E-state index contributed by atoms with van der Waals surface area (Å²) in [5.41, 5.74) is 0.0808. The van der Waals surface area contributed by atoms with Gasteiger partial charge < -0.3 is 4.74 Å². The maximum absolute atomic E-state index is 12.3. The molecule has 3 atom stereocenters. The second kappa shape index (κ2) is 5.34. The number of allylic oxidation sites excluding steroid dienone is 2. The number of fused-ring (bicyclic) bond motifs is 1. The molecule has 1 saturated carbocycles. The van der Waals surface area contributed by atoms with E-state index < -0.39 is 0 Å². The largest absolute Gasteiger partial charge is 0.466 e. The minimum Gasteiger partial charge on any atom is -0.466 e. The number of hydrogen-bond donors (Lipinski definition) is 0. The third-order valence-electron chi connectivity index (χ3n) is 5.36. The minimum absolute atomic E-state index is 0.0921. The van der Waals surface area contributed by atoms with Gasteiger partial charge >= 0.3 is 5.97 Å². The molecule has 0 amide bonds. The van der Waals surface area contributed by atoms with Crippen molar-refractivity contribution in [3.8, 4) is 0 Å². The van der Waals surface area contributed by atoms with E-state index in [1.165, 1.54) is 6.42 Å². The molecule has 112 valence electrons. The maximum Gasteiger partial charge on any atom is 0.306 e.